The van der Waals surface area contributed by atoms with E-state index in [1.54, 1.807) is 38.1 Å². The molecule has 6 nitrogen and oxygen atoms in total. The van der Waals surface area contributed by atoms with Gasteiger partial charge in [-0.3, -0.25) is 4.79 Å². The SMILES string of the molecule is CC(C)[C@@H](O)C(=O)N[C@H](Cc1ccc(OCc2ccccc2)cc1)C(=O)O. The normalized spacial score (nSPS) is 13.0. The van der Waals surface area contributed by atoms with Crippen LogP contribution < -0.4 is 10.1 Å². The number of carbonyl (C=O) groups is 2. The highest BCUT2D eigenvalue weighted by Gasteiger charge is 2.25. The van der Waals surface area contributed by atoms with Crippen LogP contribution in [0, 0.1) is 5.92 Å². The first-order valence-corrected chi connectivity index (χ1v) is 8.83. The summed E-state index contributed by atoms with van der Waals surface area (Å²) < 4.78 is 5.70. The largest absolute Gasteiger partial charge is 0.489 e. The van der Waals surface area contributed by atoms with Crippen LogP contribution in [0.2, 0.25) is 0 Å². The molecule has 2 atom stereocenters. The molecule has 27 heavy (non-hydrogen) atoms. The Bertz CT molecular complexity index is 743. The highest BCUT2D eigenvalue weighted by Crippen LogP contribution is 2.15. The van der Waals surface area contributed by atoms with Gasteiger partial charge in [0.15, 0.2) is 0 Å². The number of aliphatic carboxylic acids is 1. The van der Waals surface area contributed by atoms with Crippen LogP contribution in [-0.2, 0) is 22.6 Å². The predicted octanol–water partition coefficient (Wildman–Crippen LogP) is 2.39. The number of amides is 1. The van der Waals surface area contributed by atoms with E-state index in [1.165, 1.54) is 0 Å². The average molecular weight is 371 g/mol. The first-order chi connectivity index (χ1) is 12.9. The average Bonchev–Trinajstić information content (AvgIpc) is 2.66. The molecule has 0 aliphatic heterocycles. The standard InChI is InChI=1S/C21H25NO5/c1-14(2)19(23)20(24)22-18(21(25)26)12-15-8-10-17(11-9-15)27-13-16-6-4-3-5-7-16/h3-11,14,18-19,23H,12-13H2,1-2H3,(H,22,24)(H,25,26)/t18-,19-/m1/s1. The van der Waals surface area contributed by atoms with E-state index in [-0.39, 0.29) is 12.3 Å². The van der Waals surface area contributed by atoms with Gasteiger partial charge in [-0.15, -0.1) is 0 Å². The predicted molar refractivity (Wildman–Crippen MR) is 101 cm³/mol. The topological polar surface area (TPSA) is 95.9 Å². The summed E-state index contributed by atoms with van der Waals surface area (Å²) in [5, 5.41) is 21.5. The first-order valence-electron chi connectivity index (χ1n) is 8.83. The Morgan fingerprint density at radius 1 is 1.00 bits per heavy atom. The fraction of sp³-hybridized carbons (Fsp3) is 0.333. The summed E-state index contributed by atoms with van der Waals surface area (Å²) >= 11 is 0. The second-order valence-electron chi connectivity index (χ2n) is 6.71. The Labute approximate surface area is 158 Å². The Hall–Kier alpha value is -2.86. The maximum absolute atomic E-state index is 11.9. The van der Waals surface area contributed by atoms with Gasteiger partial charge in [0.25, 0.3) is 0 Å². The van der Waals surface area contributed by atoms with E-state index in [9.17, 15) is 19.8 Å². The molecule has 0 saturated carbocycles. The van der Waals surface area contributed by atoms with Gasteiger partial charge in [0.2, 0.25) is 5.91 Å². The van der Waals surface area contributed by atoms with Crippen LogP contribution in [0.5, 0.6) is 5.75 Å². The molecule has 0 unspecified atom stereocenters. The van der Waals surface area contributed by atoms with Gasteiger partial charge in [-0.25, -0.2) is 4.79 Å². The van der Waals surface area contributed by atoms with Crippen LogP contribution in [0.4, 0.5) is 0 Å². The number of hydrogen-bond acceptors (Lipinski definition) is 4. The molecule has 0 radical (unpaired) electrons. The maximum atomic E-state index is 11.9. The Morgan fingerprint density at radius 2 is 1.63 bits per heavy atom. The molecule has 2 aromatic carbocycles. The molecule has 144 valence electrons. The molecule has 0 saturated heterocycles. The van der Waals surface area contributed by atoms with Crippen LogP contribution >= 0.6 is 0 Å². The monoisotopic (exact) mass is 371 g/mol. The number of hydrogen-bond donors (Lipinski definition) is 3. The molecule has 0 bridgehead atoms. The number of carboxylic acid groups (broad SMARTS) is 1. The van der Waals surface area contributed by atoms with Crippen LogP contribution in [-0.4, -0.2) is 34.2 Å². The van der Waals surface area contributed by atoms with Crippen molar-refractivity contribution in [3.05, 3.63) is 65.7 Å². The number of carboxylic acids is 1. The number of ether oxygens (including phenoxy) is 1. The van der Waals surface area contributed by atoms with Crippen molar-refractivity contribution in [1.29, 1.82) is 0 Å². The zero-order valence-electron chi connectivity index (χ0n) is 15.5. The third kappa shape index (κ3) is 6.42. The highest BCUT2D eigenvalue weighted by atomic mass is 16.5. The highest BCUT2D eigenvalue weighted by molar-refractivity contribution is 5.86. The van der Waals surface area contributed by atoms with Crippen LogP contribution in [0.1, 0.15) is 25.0 Å². The minimum atomic E-state index is -1.24. The van der Waals surface area contributed by atoms with Gasteiger partial charge in [-0.1, -0.05) is 56.3 Å². The zero-order valence-corrected chi connectivity index (χ0v) is 15.5. The summed E-state index contributed by atoms with van der Waals surface area (Å²) in [5.41, 5.74) is 1.80. The Kier molecular flexibility index (Phi) is 7.37. The number of rotatable bonds is 9. The van der Waals surface area contributed by atoms with E-state index < -0.39 is 24.0 Å². The van der Waals surface area contributed by atoms with Gasteiger partial charge in [0.05, 0.1) is 0 Å². The fourth-order valence-corrected chi connectivity index (χ4v) is 2.46. The lowest BCUT2D eigenvalue weighted by atomic mass is 10.0. The third-order valence-electron chi connectivity index (χ3n) is 4.13. The lowest BCUT2D eigenvalue weighted by Crippen LogP contribution is -2.47. The molecule has 0 aromatic heterocycles. The second kappa shape index (κ2) is 9.73. The van der Waals surface area contributed by atoms with E-state index in [0.29, 0.717) is 12.4 Å². The lowest BCUT2D eigenvalue weighted by Gasteiger charge is -2.19. The van der Waals surface area contributed by atoms with Crippen molar-refractivity contribution in [2.75, 3.05) is 0 Å². The first kappa shape index (κ1) is 20.5. The lowest BCUT2D eigenvalue weighted by molar-refractivity contribution is -0.144. The smallest absolute Gasteiger partial charge is 0.326 e. The maximum Gasteiger partial charge on any atom is 0.326 e. The Morgan fingerprint density at radius 3 is 2.19 bits per heavy atom. The van der Waals surface area contributed by atoms with E-state index in [4.69, 9.17) is 4.74 Å². The van der Waals surface area contributed by atoms with Gasteiger partial charge >= 0.3 is 5.97 Å². The molecular weight excluding hydrogens is 346 g/mol. The van der Waals surface area contributed by atoms with Crippen molar-refractivity contribution in [3.8, 4) is 5.75 Å². The van der Waals surface area contributed by atoms with E-state index in [0.717, 1.165) is 11.1 Å². The quantitative estimate of drug-likeness (QED) is 0.629. The van der Waals surface area contributed by atoms with Gasteiger partial charge in [-0.05, 0) is 29.2 Å². The minimum Gasteiger partial charge on any atom is -0.489 e. The van der Waals surface area contributed by atoms with Crippen molar-refractivity contribution in [3.63, 3.8) is 0 Å². The van der Waals surface area contributed by atoms with Crippen molar-refractivity contribution in [2.24, 2.45) is 5.92 Å². The summed E-state index contributed by atoms with van der Waals surface area (Å²) in [6.45, 7) is 3.82. The Balaban J connectivity index is 1.94. The van der Waals surface area contributed by atoms with Crippen LogP contribution in [0.25, 0.3) is 0 Å². The molecule has 6 heteroatoms. The number of aliphatic hydroxyl groups is 1. The van der Waals surface area contributed by atoms with Gasteiger partial charge in [0.1, 0.15) is 24.5 Å². The van der Waals surface area contributed by atoms with Crippen molar-refractivity contribution >= 4 is 11.9 Å². The number of carbonyl (C=O) groups excluding carboxylic acids is 1. The molecule has 0 aliphatic rings. The van der Waals surface area contributed by atoms with Crippen LogP contribution in [0.3, 0.4) is 0 Å². The second-order valence-corrected chi connectivity index (χ2v) is 6.71. The van der Waals surface area contributed by atoms with E-state index in [2.05, 4.69) is 5.32 Å². The van der Waals surface area contributed by atoms with Crippen LogP contribution in [0.15, 0.2) is 54.6 Å². The summed E-state index contributed by atoms with van der Waals surface area (Å²) in [7, 11) is 0. The van der Waals surface area contributed by atoms with Gasteiger partial charge in [-0.2, -0.15) is 0 Å². The summed E-state index contributed by atoms with van der Waals surface area (Å²) in [4.78, 5) is 23.4. The molecule has 2 rings (SSSR count). The molecular formula is C21H25NO5. The summed E-state index contributed by atoms with van der Waals surface area (Å²) in [6, 6.07) is 15.7. The summed E-state index contributed by atoms with van der Waals surface area (Å²) in [5.74, 6) is -1.45. The van der Waals surface area contributed by atoms with Gasteiger partial charge in [0, 0.05) is 6.42 Å². The third-order valence-corrected chi connectivity index (χ3v) is 4.13. The van der Waals surface area contributed by atoms with Crippen molar-refractivity contribution in [2.45, 2.75) is 39.0 Å². The van der Waals surface area contributed by atoms with Crippen molar-refractivity contribution in [1.82, 2.24) is 5.32 Å². The number of aliphatic hydroxyl groups excluding tert-OH is 1. The van der Waals surface area contributed by atoms with E-state index in [1.807, 2.05) is 30.3 Å². The van der Waals surface area contributed by atoms with Gasteiger partial charge < -0.3 is 20.3 Å². The van der Waals surface area contributed by atoms with E-state index >= 15 is 0 Å². The molecule has 0 fully saturated rings. The molecule has 0 heterocycles. The molecule has 1 amide bonds. The number of nitrogens with one attached hydrogen (secondary N) is 1. The minimum absolute atomic E-state index is 0.116. The molecule has 3 N–H and O–H groups in total. The molecule has 0 spiro atoms. The molecule has 0 aliphatic carbocycles. The fourth-order valence-electron chi connectivity index (χ4n) is 2.46. The molecule has 2 aromatic rings. The summed E-state index contributed by atoms with van der Waals surface area (Å²) in [6.07, 6.45) is -1.12. The zero-order chi connectivity index (χ0) is 19.8. The number of benzene rings is 2. The van der Waals surface area contributed by atoms with Crippen molar-refractivity contribution < 1.29 is 24.5 Å².